The third kappa shape index (κ3) is 7.31. The number of hydrogen-bond donors (Lipinski definition) is 3. The summed E-state index contributed by atoms with van der Waals surface area (Å²) in [5, 5.41) is 8.37. The molecule has 5 rings (SSSR count). The first-order valence-corrected chi connectivity index (χ1v) is 13.9. The number of aromatic nitrogens is 1. The van der Waals surface area contributed by atoms with Crippen molar-refractivity contribution in [2.45, 2.75) is 37.8 Å². The second-order valence-electron chi connectivity index (χ2n) is 9.63. The largest absolute Gasteiger partial charge is 0.444 e. The highest BCUT2D eigenvalue weighted by Crippen LogP contribution is 2.34. The molecule has 3 N–H and O–H groups in total. The van der Waals surface area contributed by atoms with Crippen molar-refractivity contribution in [1.82, 2.24) is 15.6 Å². The van der Waals surface area contributed by atoms with Crippen LogP contribution >= 0.6 is 11.3 Å². The molecule has 1 heterocycles. The number of amides is 3. The number of nitrogens with zero attached hydrogens (tertiary/aromatic N) is 1. The molecular formula is C30H27FN4O5S. The van der Waals surface area contributed by atoms with Gasteiger partial charge in [0.1, 0.15) is 23.7 Å². The van der Waals surface area contributed by atoms with Crippen LogP contribution in [0.4, 0.5) is 14.9 Å². The summed E-state index contributed by atoms with van der Waals surface area (Å²) in [5.41, 5.74) is 2.61. The van der Waals surface area contributed by atoms with Gasteiger partial charge < -0.3 is 20.2 Å². The lowest BCUT2D eigenvalue weighted by Crippen LogP contribution is -2.39. The van der Waals surface area contributed by atoms with Crippen LogP contribution in [0, 0.1) is 5.82 Å². The molecule has 3 aromatic carbocycles. The highest BCUT2D eigenvalue weighted by molar-refractivity contribution is 7.18. The van der Waals surface area contributed by atoms with Crippen molar-refractivity contribution in [3.63, 3.8) is 0 Å². The Bertz CT molecular complexity index is 1570. The second kappa shape index (κ2) is 12.7. The minimum Gasteiger partial charge on any atom is -0.444 e. The normalized spacial score (nSPS) is 13.3. The highest BCUT2D eigenvalue weighted by atomic mass is 32.1. The average molecular weight is 575 g/mol. The van der Waals surface area contributed by atoms with Crippen molar-refractivity contribution in [3.05, 3.63) is 83.1 Å². The average Bonchev–Trinajstić information content (AvgIpc) is 3.70. The fourth-order valence-electron chi connectivity index (χ4n) is 4.16. The van der Waals surface area contributed by atoms with E-state index in [4.69, 9.17) is 4.74 Å². The lowest BCUT2D eigenvalue weighted by atomic mass is 10.0. The van der Waals surface area contributed by atoms with Gasteiger partial charge in [0.25, 0.3) is 0 Å². The minimum atomic E-state index is -0.892. The van der Waals surface area contributed by atoms with Gasteiger partial charge >= 0.3 is 6.09 Å². The molecule has 1 aromatic heterocycles. The number of hydrogen-bond acceptors (Lipinski definition) is 7. The van der Waals surface area contributed by atoms with Crippen LogP contribution in [0.1, 0.15) is 35.8 Å². The van der Waals surface area contributed by atoms with Gasteiger partial charge in [-0.05, 0) is 42.2 Å². The monoisotopic (exact) mass is 574 g/mol. The van der Waals surface area contributed by atoms with Gasteiger partial charge in [-0.2, -0.15) is 0 Å². The zero-order chi connectivity index (χ0) is 28.8. The van der Waals surface area contributed by atoms with E-state index in [1.807, 2.05) is 30.3 Å². The maximum absolute atomic E-state index is 15.1. The second-order valence-corrected chi connectivity index (χ2v) is 10.7. The highest BCUT2D eigenvalue weighted by Gasteiger charge is 2.27. The molecule has 0 spiro atoms. The van der Waals surface area contributed by atoms with Gasteiger partial charge in [-0.15, -0.1) is 11.3 Å². The van der Waals surface area contributed by atoms with E-state index in [1.54, 1.807) is 30.3 Å². The molecule has 41 heavy (non-hydrogen) atoms. The minimum absolute atomic E-state index is 0.118. The van der Waals surface area contributed by atoms with Crippen molar-refractivity contribution in [2.24, 2.45) is 0 Å². The van der Waals surface area contributed by atoms with Crippen LogP contribution in [0.3, 0.4) is 0 Å². The predicted octanol–water partition coefficient (Wildman–Crippen LogP) is 4.92. The number of anilines is 1. The number of rotatable bonds is 11. The van der Waals surface area contributed by atoms with Crippen molar-refractivity contribution < 1.29 is 28.3 Å². The maximum Gasteiger partial charge on any atom is 0.411 e. The third-order valence-corrected chi connectivity index (χ3v) is 7.59. The van der Waals surface area contributed by atoms with Crippen LogP contribution in [0.15, 0.2) is 66.7 Å². The molecule has 3 amide bonds. The molecule has 1 aliphatic rings. The number of aldehydes is 1. The van der Waals surface area contributed by atoms with Gasteiger partial charge in [-0.25, -0.2) is 14.2 Å². The van der Waals surface area contributed by atoms with Gasteiger partial charge in [0.05, 0.1) is 22.7 Å². The van der Waals surface area contributed by atoms with E-state index < -0.39 is 23.7 Å². The Labute approximate surface area is 239 Å². The molecule has 0 radical (unpaired) electrons. The Kier molecular flexibility index (Phi) is 8.64. The van der Waals surface area contributed by atoms with Crippen molar-refractivity contribution in [2.75, 3.05) is 11.9 Å². The van der Waals surface area contributed by atoms with E-state index in [1.165, 1.54) is 17.4 Å². The van der Waals surface area contributed by atoms with Crippen molar-refractivity contribution in [3.8, 4) is 11.1 Å². The quantitative estimate of drug-likeness (QED) is 0.218. The summed E-state index contributed by atoms with van der Waals surface area (Å²) < 4.78 is 21.0. The van der Waals surface area contributed by atoms with Crippen LogP contribution in [0.5, 0.6) is 0 Å². The van der Waals surface area contributed by atoms with E-state index in [-0.39, 0.29) is 31.5 Å². The molecule has 4 aromatic rings. The molecule has 1 saturated carbocycles. The van der Waals surface area contributed by atoms with Crippen LogP contribution in [0.25, 0.3) is 21.3 Å². The summed E-state index contributed by atoms with van der Waals surface area (Å²) in [6.45, 7) is -0.0537. The van der Waals surface area contributed by atoms with Crippen LogP contribution < -0.4 is 16.0 Å². The summed E-state index contributed by atoms with van der Waals surface area (Å²) >= 11 is 1.19. The van der Waals surface area contributed by atoms with Gasteiger partial charge in [-0.3, -0.25) is 14.9 Å². The molecule has 1 aliphatic carbocycles. The molecular weight excluding hydrogens is 547 g/mol. The van der Waals surface area contributed by atoms with Crippen LogP contribution in [0.2, 0.25) is 0 Å². The summed E-state index contributed by atoms with van der Waals surface area (Å²) in [7, 11) is 0. The number of carbonyl (C=O) groups excluding carboxylic acids is 4. The lowest BCUT2D eigenvalue weighted by molar-refractivity contribution is -0.127. The standard InChI is InChI=1S/C30H27FN4O5S/c31-24-15-25-26(41-29(35-25)22(12-13-36)28(38)32-16-27(37)33-20-10-11-20)14-23(24)19-6-8-21(9-7-19)34-30(39)40-17-18-4-2-1-3-5-18/h1-9,13-15,20,22H,10-12,16-17H2,(H,32,38)(H,33,37)(H,34,39). The van der Waals surface area contributed by atoms with Crippen LogP contribution in [-0.2, 0) is 25.7 Å². The summed E-state index contributed by atoms with van der Waals surface area (Å²) in [4.78, 5) is 52.6. The maximum atomic E-state index is 15.1. The molecule has 1 fully saturated rings. The van der Waals surface area contributed by atoms with Gasteiger partial charge in [0.15, 0.2) is 0 Å². The molecule has 0 saturated heterocycles. The first kappa shape index (κ1) is 27.9. The first-order chi connectivity index (χ1) is 19.9. The SMILES string of the molecule is O=CCC(C(=O)NCC(=O)NC1CC1)c1nc2cc(F)c(-c3ccc(NC(=O)OCc4ccccc4)cc3)cc2s1. The molecule has 0 aliphatic heterocycles. The Morgan fingerprint density at radius 3 is 2.54 bits per heavy atom. The van der Waals surface area contributed by atoms with E-state index in [0.29, 0.717) is 38.3 Å². The number of benzene rings is 3. The summed E-state index contributed by atoms with van der Waals surface area (Å²) in [5.74, 6) is -2.18. The zero-order valence-corrected chi connectivity index (χ0v) is 22.7. The topological polar surface area (TPSA) is 126 Å². The Morgan fingerprint density at radius 2 is 1.83 bits per heavy atom. The number of ether oxygens (including phenoxy) is 1. The molecule has 1 unspecified atom stereocenters. The molecule has 9 nitrogen and oxygen atoms in total. The lowest BCUT2D eigenvalue weighted by Gasteiger charge is -2.12. The molecule has 210 valence electrons. The van der Waals surface area contributed by atoms with E-state index in [2.05, 4.69) is 20.9 Å². The van der Waals surface area contributed by atoms with Crippen molar-refractivity contribution >= 4 is 51.4 Å². The number of nitrogens with one attached hydrogen (secondary N) is 3. The fourth-order valence-corrected chi connectivity index (χ4v) is 5.26. The van der Waals surface area contributed by atoms with E-state index >= 15 is 4.39 Å². The Morgan fingerprint density at radius 1 is 1.07 bits per heavy atom. The van der Waals surface area contributed by atoms with Gasteiger partial charge in [0, 0.05) is 29.8 Å². The van der Waals surface area contributed by atoms with Crippen LogP contribution in [-0.4, -0.2) is 41.8 Å². The molecule has 11 heteroatoms. The fraction of sp³-hybridized carbons (Fsp3) is 0.233. The summed E-state index contributed by atoms with van der Waals surface area (Å²) in [6, 6.07) is 19.0. The molecule has 1 atom stereocenters. The van der Waals surface area contributed by atoms with Gasteiger partial charge in [0.2, 0.25) is 11.8 Å². The first-order valence-electron chi connectivity index (χ1n) is 13.1. The third-order valence-electron chi connectivity index (χ3n) is 6.46. The Balaban J connectivity index is 1.26. The zero-order valence-electron chi connectivity index (χ0n) is 21.9. The Hall–Kier alpha value is -4.64. The summed E-state index contributed by atoms with van der Waals surface area (Å²) in [6.07, 6.45) is 1.77. The van der Waals surface area contributed by atoms with E-state index in [0.717, 1.165) is 18.4 Å². The number of fused-ring (bicyclic) bond motifs is 1. The number of halogens is 1. The number of carbonyl (C=O) groups is 4. The predicted molar refractivity (Wildman–Crippen MR) is 153 cm³/mol. The number of thiazole rings is 1. The molecule has 0 bridgehead atoms. The van der Waals surface area contributed by atoms with Gasteiger partial charge in [-0.1, -0.05) is 42.5 Å². The smallest absolute Gasteiger partial charge is 0.411 e. The van der Waals surface area contributed by atoms with E-state index in [9.17, 15) is 19.2 Å². The van der Waals surface area contributed by atoms with Crippen molar-refractivity contribution in [1.29, 1.82) is 0 Å².